The molecule has 3 nitrogen and oxygen atoms in total. The van der Waals surface area contributed by atoms with E-state index in [4.69, 9.17) is 4.74 Å². The van der Waals surface area contributed by atoms with Crippen LogP contribution in [0.3, 0.4) is 0 Å². The molecule has 0 aliphatic carbocycles. The second-order valence-corrected chi connectivity index (χ2v) is 6.00. The predicted octanol–water partition coefficient (Wildman–Crippen LogP) is 3.79. The molecular weight excluding hydrogens is 330 g/mol. The molecule has 0 atom stereocenters. The smallest absolute Gasteiger partial charge is 0.254 e. The monoisotopic (exact) mass is 345 g/mol. The second-order valence-electron chi connectivity index (χ2n) is 5.15. The first kappa shape index (κ1) is 14.1. The largest absolute Gasteiger partial charge is 0.491 e. The number of amides is 1. The summed E-state index contributed by atoms with van der Waals surface area (Å²) in [4.78, 5) is 14.5. The van der Waals surface area contributed by atoms with Gasteiger partial charge in [0, 0.05) is 22.1 Å². The first-order chi connectivity index (χ1) is 10.1. The fourth-order valence-corrected chi connectivity index (χ4v) is 2.79. The van der Waals surface area contributed by atoms with Crippen LogP contribution in [0.25, 0.3) is 0 Å². The zero-order chi connectivity index (χ0) is 14.8. The van der Waals surface area contributed by atoms with Crippen molar-refractivity contribution in [1.29, 1.82) is 0 Å². The number of aryl methyl sites for hydroxylation is 1. The van der Waals surface area contributed by atoms with Gasteiger partial charge in [-0.05, 0) is 30.7 Å². The van der Waals surface area contributed by atoms with Crippen molar-refractivity contribution < 1.29 is 9.53 Å². The van der Waals surface area contributed by atoms with Gasteiger partial charge in [0.1, 0.15) is 12.4 Å². The topological polar surface area (TPSA) is 29.5 Å². The maximum absolute atomic E-state index is 12.7. The Bertz CT molecular complexity index is 684. The number of rotatable bonds is 1. The molecule has 0 spiro atoms. The van der Waals surface area contributed by atoms with Crippen molar-refractivity contribution in [3.8, 4) is 5.75 Å². The third-order valence-electron chi connectivity index (χ3n) is 3.66. The number of para-hydroxylation sites is 1. The van der Waals surface area contributed by atoms with Gasteiger partial charge in [0.2, 0.25) is 0 Å². The maximum Gasteiger partial charge on any atom is 0.254 e. The average Bonchev–Trinajstić information content (AvgIpc) is 2.71. The molecule has 4 heteroatoms. The predicted molar refractivity (Wildman–Crippen MR) is 85.6 cm³/mol. The number of nitrogens with zero attached hydrogens (tertiary/aromatic N) is 1. The Labute approximate surface area is 132 Å². The molecule has 1 aliphatic heterocycles. The molecule has 0 aromatic heterocycles. The van der Waals surface area contributed by atoms with E-state index in [1.807, 2.05) is 54.3 Å². The first-order valence-corrected chi connectivity index (χ1v) is 7.70. The van der Waals surface area contributed by atoms with Crippen molar-refractivity contribution in [1.82, 2.24) is 4.90 Å². The van der Waals surface area contributed by atoms with Crippen molar-refractivity contribution >= 4 is 21.8 Å². The number of carbonyl (C=O) groups excluding carboxylic acids is 1. The molecule has 2 aromatic rings. The first-order valence-electron chi connectivity index (χ1n) is 6.91. The zero-order valence-corrected chi connectivity index (χ0v) is 13.4. The van der Waals surface area contributed by atoms with Crippen LogP contribution >= 0.6 is 15.9 Å². The molecule has 1 heterocycles. The Balaban J connectivity index is 1.86. The van der Waals surface area contributed by atoms with E-state index in [0.717, 1.165) is 21.3 Å². The van der Waals surface area contributed by atoms with Crippen molar-refractivity contribution in [3.05, 3.63) is 63.6 Å². The molecule has 21 heavy (non-hydrogen) atoms. The van der Waals surface area contributed by atoms with Gasteiger partial charge >= 0.3 is 0 Å². The van der Waals surface area contributed by atoms with Gasteiger partial charge in [0.15, 0.2) is 0 Å². The lowest BCUT2D eigenvalue weighted by atomic mass is 10.1. The molecule has 108 valence electrons. The third kappa shape index (κ3) is 2.95. The molecule has 0 saturated carbocycles. The molecule has 0 fully saturated rings. The van der Waals surface area contributed by atoms with Crippen LogP contribution in [0, 0.1) is 6.92 Å². The normalized spacial score (nSPS) is 14.1. The summed E-state index contributed by atoms with van der Waals surface area (Å²) in [5.41, 5.74) is 2.87. The highest BCUT2D eigenvalue weighted by Crippen LogP contribution is 2.24. The van der Waals surface area contributed by atoms with Crippen LogP contribution in [0.15, 0.2) is 46.9 Å². The van der Waals surface area contributed by atoms with Crippen LogP contribution in [0.2, 0.25) is 0 Å². The number of hydrogen-bond donors (Lipinski definition) is 0. The maximum atomic E-state index is 12.7. The van der Waals surface area contributed by atoms with Crippen LogP contribution < -0.4 is 4.74 Å². The molecule has 0 radical (unpaired) electrons. The van der Waals surface area contributed by atoms with Crippen molar-refractivity contribution in [3.63, 3.8) is 0 Å². The third-order valence-corrected chi connectivity index (χ3v) is 4.51. The number of hydrogen-bond acceptors (Lipinski definition) is 2. The summed E-state index contributed by atoms with van der Waals surface area (Å²) in [5, 5.41) is 0. The van der Waals surface area contributed by atoms with Gasteiger partial charge in [-0.1, -0.05) is 40.2 Å². The van der Waals surface area contributed by atoms with E-state index < -0.39 is 0 Å². The van der Waals surface area contributed by atoms with Crippen molar-refractivity contribution in [2.45, 2.75) is 13.5 Å². The molecule has 0 bridgehead atoms. The van der Waals surface area contributed by atoms with Gasteiger partial charge in [-0.2, -0.15) is 0 Å². The standard InChI is InChI=1S/C17H16BrNO2/c1-12-6-7-13(10-15(12)18)17(20)19-8-9-21-16-5-3-2-4-14(16)11-19/h2-7,10H,8-9,11H2,1H3. The summed E-state index contributed by atoms with van der Waals surface area (Å²) in [6.45, 7) is 3.71. The average molecular weight is 346 g/mol. The van der Waals surface area contributed by atoms with Crippen LogP contribution in [0.5, 0.6) is 5.75 Å². The molecule has 0 unspecified atom stereocenters. The number of ether oxygens (including phenoxy) is 1. The molecule has 1 aliphatic rings. The van der Waals surface area contributed by atoms with E-state index in [1.165, 1.54) is 0 Å². The van der Waals surface area contributed by atoms with E-state index in [1.54, 1.807) is 0 Å². The summed E-state index contributed by atoms with van der Waals surface area (Å²) in [5.74, 6) is 0.911. The summed E-state index contributed by atoms with van der Waals surface area (Å²) in [6, 6.07) is 13.6. The fourth-order valence-electron chi connectivity index (χ4n) is 2.41. The van der Waals surface area contributed by atoms with E-state index in [2.05, 4.69) is 15.9 Å². The molecule has 2 aromatic carbocycles. The minimum Gasteiger partial charge on any atom is -0.491 e. The van der Waals surface area contributed by atoms with E-state index in [9.17, 15) is 4.79 Å². The highest BCUT2D eigenvalue weighted by Gasteiger charge is 2.21. The Hall–Kier alpha value is -1.81. The number of carbonyl (C=O) groups is 1. The van der Waals surface area contributed by atoms with E-state index in [0.29, 0.717) is 25.3 Å². The van der Waals surface area contributed by atoms with Crippen LogP contribution in [0.4, 0.5) is 0 Å². The second kappa shape index (κ2) is 5.90. The SMILES string of the molecule is Cc1ccc(C(=O)N2CCOc3ccccc3C2)cc1Br. The van der Waals surface area contributed by atoms with E-state index >= 15 is 0 Å². The lowest BCUT2D eigenvalue weighted by molar-refractivity contribution is 0.0733. The van der Waals surface area contributed by atoms with Gasteiger partial charge in [-0.3, -0.25) is 4.79 Å². The summed E-state index contributed by atoms with van der Waals surface area (Å²) >= 11 is 3.48. The van der Waals surface area contributed by atoms with Gasteiger partial charge in [0.25, 0.3) is 5.91 Å². The van der Waals surface area contributed by atoms with Gasteiger partial charge in [-0.15, -0.1) is 0 Å². The lowest BCUT2D eigenvalue weighted by Crippen LogP contribution is -2.32. The Morgan fingerprint density at radius 1 is 1.24 bits per heavy atom. The highest BCUT2D eigenvalue weighted by molar-refractivity contribution is 9.10. The Kier molecular flexibility index (Phi) is 3.97. The van der Waals surface area contributed by atoms with Gasteiger partial charge in [0.05, 0.1) is 6.54 Å². The highest BCUT2D eigenvalue weighted by atomic mass is 79.9. The summed E-state index contributed by atoms with van der Waals surface area (Å²) in [7, 11) is 0. The van der Waals surface area contributed by atoms with Crippen molar-refractivity contribution in [2.75, 3.05) is 13.2 Å². The lowest BCUT2D eigenvalue weighted by Gasteiger charge is -2.20. The number of benzene rings is 2. The Morgan fingerprint density at radius 2 is 2.05 bits per heavy atom. The zero-order valence-electron chi connectivity index (χ0n) is 11.8. The number of halogens is 1. The Morgan fingerprint density at radius 3 is 2.86 bits per heavy atom. The van der Waals surface area contributed by atoms with Crippen LogP contribution in [-0.2, 0) is 6.54 Å². The van der Waals surface area contributed by atoms with Crippen molar-refractivity contribution in [2.24, 2.45) is 0 Å². The quantitative estimate of drug-likeness (QED) is 0.786. The molecule has 1 amide bonds. The van der Waals surface area contributed by atoms with Crippen LogP contribution in [0.1, 0.15) is 21.5 Å². The minimum absolute atomic E-state index is 0.0380. The molecule has 3 rings (SSSR count). The number of fused-ring (bicyclic) bond motifs is 1. The van der Waals surface area contributed by atoms with Gasteiger partial charge < -0.3 is 9.64 Å². The molecular formula is C17H16BrNO2. The molecule has 0 saturated heterocycles. The minimum atomic E-state index is 0.0380. The van der Waals surface area contributed by atoms with Crippen LogP contribution in [-0.4, -0.2) is 24.0 Å². The van der Waals surface area contributed by atoms with E-state index in [-0.39, 0.29) is 5.91 Å². The molecule has 0 N–H and O–H groups in total. The fraction of sp³-hybridized carbons (Fsp3) is 0.235. The van der Waals surface area contributed by atoms with Gasteiger partial charge in [-0.25, -0.2) is 0 Å². The summed E-state index contributed by atoms with van der Waals surface area (Å²) in [6.07, 6.45) is 0. The summed E-state index contributed by atoms with van der Waals surface area (Å²) < 4.78 is 6.66.